The van der Waals surface area contributed by atoms with Gasteiger partial charge in [0.25, 0.3) is 5.91 Å². The zero-order valence-electron chi connectivity index (χ0n) is 19.3. The Kier molecular flexibility index (Phi) is 6.88. The number of carbonyl (C=O) groups excluding carboxylic acids is 1. The van der Waals surface area contributed by atoms with Gasteiger partial charge < -0.3 is 14.6 Å². The van der Waals surface area contributed by atoms with Crippen LogP contribution in [-0.4, -0.2) is 34.0 Å². The van der Waals surface area contributed by atoms with E-state index in [4.69, 9.17) is 4.74 Å². The SMILES string of the molecule is CP(C)(=O)c1cnccc1Oc1ccc(NC(=O)c2cnn(-c3ccc(F)cc3)c2C(F)(F)F)cc1F. The maximum Gasteiger partial charge on any atom is 0.434 e. The Morgan fingerprint density at radius 3 is 2.32 bits per heavy atom. The number of amides is 1. The first kappa shape index (κ1) is 26.0. The molecule has 0 aliphatic heterocycles. The molecule has 0 aliphatic carbocycles. The van der Waals surface area contributed by atoms with E-state index in [1.165, 1.54) is 37.9 Å². The quantitative estimate of drug-likeness (QED) is 0.247. The van der Waals surface area contributed by atoms with Gasteiger partial charge in [-0.1, -0.05) is 0 Å². The molecule has 2 aromatic carbocycles. The van der Waals surface area contributed by atoms with Crippen molar-refractivity contribution in [3.8, 4) is 17.2 Å². The Bertz CT molecular complexity index is 1510. The molecule has 37 heavy (non-hydrogen) atoms. The highest BCUT2D eigenvalue weighted by Crippen LogP contribution is 2.40. The summed E-state index contributed by atoms with van der Waals surface area (Å²) >= 11 is 0. The number of hydrogen-bond donors (Lipinski definition) is 1. The van der Waals surface area contributed by atoms with Crippen LogP contribution in [-0.2, 0) is 10.7 Å². The van der Waals surface area contributed by atoms with E-state index in [1.807, 2.05) is 0 Å². The molecule has 0 saturated heterocycles. The first-order valence-electron chi connectivity index (χ1n) is 10.5. The summed E-state index contributed by atoms with van der Waals surface area (Å²) in [6.07, 6.45) is -1.53. The molecule has 2 heterocycles. The summed E-state index contributed by atoms with van der Waals surface area (Å²) in [4.78, 5) is 16.6. The highest BCUT2D eigenvalue weighted by Gasteiger charge is 2.40. The molecule has 7 nitrogen and oxygen atoms in total. The van der Waals surface area contributed by atoms with Crippen LogP contribution in [0.15, 0.2) is 67.1 Å². The van der Waals surface area contributed by atoms with Gasteiger partial charge >= 0.3 is 6.18 Å². The average molecular weight is 536 g/mol. The van der Waals surface area contributed by atoms with E-state index >= 15 is 0 Å². The van der Waals surface area contributed by atoms with E-state index in [2.05, 4.69) is 15.4 Å². The summed E-state index contributed by atoms with van der Waals surface area (Å²) in [5.74, 6) is -2.92. The molecule has 0 atom stereocenters. The van der Waals surface area contributed by atoms with Crippen molar-refractivity contribution in [1.29, 1.82) is 0 Å². The number of ether oxygens (including phenoxy) is 1. The molecule has 4 aromatic rings. The summed E-state index contributed by atoms with van der Waals surface area (Å²) in [5, 5.41) is 6.15. The highest BCUT2D eigenvalue weighted by molar-refractivity contribution is 7.70. The standard InChI is InChI=1S/C24H18F5N4O3P/c1-37(2,35)21-13-30-10-9-20(21)36-19-8-5-15(11-18(19)26)32-23(34)17-12-31-33(22(17)24(27,28)29)16-6-3-14(25)4-7-16/h3-13H,1-2H3,(H,32,34). The molecule has 0 fully saturated rings. The van der Waals surface area contributed by atoms with Gasteiger partial charge in [0.15, 0.2) is 17.3 Å². The van der Waals surface area contributed by atoms with Crippen molar-refractivity contribution >= 4 is 24.0 Å². The summed E-state index contributed by atoms with van der Waals surface area (Å²) in [7, 11) is -2.80. The van der Waals surface area contributed by atoms with Crippen molar-refractivity contribution in [2.24, 2.45) is 0 Å². The molecule has 0 bridgehead atoms. The van der Waals surface area contributed by atoms with Gasteiger partial charge in [-0.25, -0.2) is 13.5 Å². The minimum absolute atomic E-state index is 0.112. The second kappa shape index (κ2) is 9.78. The van der Waals surface area contributed by atoms with Gasteiger partial charge in [-0.3, -0.25) is 9.78 Å². The molecule has 0 radical (unpaired) electrons. The van der Waals surface area contributed by atoms with Gasteiger partial charge in [0.2, 0.25) is 0 Å². The van der Waals surface area contributed by atoms with Crippen molar-refractivity contribution in [2.75, 3.05) is 18.6 Å². The number of anilines is 1. The first-order chi connectivity index (χ1) is 17.3. The Morgan fingerprint density at radius 1 is 1.00 bits per heavy atom. The number of nitrogens with one attached hydrogen (secondary N) is 1. The normalized spacial score (nSPS) is 11.9. The lowest BCUT2D eigenvalue weighted by Crippen LogP contribution is -2.20. The van der Waals surface area contributed by atoms with E-state index in [9.17, 15) is 31.3 Å². The third kappa shape index (κ3) is 5.69. The van der Waals surface area contributed by atoms with Crippen LogP contribution in [0, 0.1) is 11.6 Å². The molecule has 0 unspecified atom stereocenters. The van der Waals surface area contributed by atoms with Crippen LogP contribution in [0.2, 0.25) is 0 Å². The second-order valence-corrected chi connectivity index (χ2v) is 11.4. The number of hydrogen-bond acceptors (Lipinski definition) is 5. The fraction of sp³-hybridized carbons (Fsp3) is 0.125. The molecule has 2 aromatic heterocycles. The molecular weight excluding hydrogens is 518 g/mol. The number of aromatic nitrogens is 3. The lowest BCUT2D eigenvalue weighted by atomic mass is 10.2. The van der Waals surface area contributed by atoms with E-state index < -0.39 is 42.1 Å². The maximum absolute atomic E-state index is 14.8. The molecule has 1 N–H and O–H groups in total. The lowest BCUT2D eigenvalue weighted by Gasteiger charge is -2.15. The maximum atomic E-state index is 14.8. The van der Waals surface area contributed by atoms with Gasteiger partial charge in [-0.15, -0.1) is 0 Å². The van der Waals surface area contributed by atoms with Crippen molar-refractivity contribution in [3.63, 3.8) is 0 Å². The first-order valence-corrected chi connectivity index (χ1v) is 13.1. The monoisotopic (exact) mass is 536 g/mol. The third-order valence-corrected chi connectivity index (χ3v) is 6.60. The fourth-order valence-electron chi connectivity index (χ4n) is 3.41. The highest BCUT2D eigenvalue weighted by atomic mass is 31.2. The van der Waals surface area contributed by atoms with E-state index in [0.29, 0.717) is 16.2 Å². The Balaban J connectivity index is 1.60. The average Bonchev–Trinajstić information content (AvgIpc) is 3.27. The third-order valence-electron chi connectivity index (χ3n) is 5.10. The van der Waals surface area contributed by atoms with Crippen LogP contribution in [0.5, 0.6) is 11.5 Å². The predicted octanol–water partition coefficient (Wildman–Crippen LogP) is 5.86. The van der Waals surface area contributed by atoms with Crippen molar-refractivity contribution < 1.29 is 36.0 Å². The number of rotatable bonds is 6. The number of nitrogens with zero attached hydrogens (tertiary/aromatic N) is 3. The fourth-order valence-corrected chi connectivity index (χ4v) is 4.40. The van der Waals surface area contributed by atoms with Crippen LogP contribution >= 0.6 is 7.14 Å². The molecule has 13 heteroatoms. The van der Waals surface area contributed by atoms with E-state index in [-0.39, 0.29) is 22.9 Å². The second-order valence-electron chi connectivity index (χ2n) is 8.19. The Morgan fingerprint density at radius 2 is 1.70 bits per heavy atom. The number of pyridine rings is 1. The van der Waals surface area contributed by atoms with Gasteiger partial charge in [-0.05, 0) is 55.8 Å². The van der Waals surface area contributed by atoms with Crippen LogP contribution in [0.3, 0.4) is 0 Å². The number of halogens is 5. The van der Waals surface area contributed by atoms with Crippen molar-refractivity contribution in [3.05, 3.63) is 90.0 Å². The minimum Gasteiger partial charge on any atom is -0.453 e. The van der Waals surface area contributed by atoms with Crippen LogP contribution in [0.25, 0.3) is 5.69 Å². The number of benzene rings is 2. The predicted molar refractivity (Wildman–Crippen MR) is 126 cm³/mol. The summed E-state index contributed by atoms with van der Waals surface area (Å²) in [6, 6.07) is 8.75. The lowest BCUT2D eigenvalue weighted by molar-refractivity contribution is -0.143. The van der Waals surface area contributed by atoms with Gasteiger partial charge in [-0.2, -0.15) is 18.3 Å². The van der Waals surface area contributed by atoms with Crippen LogP contribution < -0.4 is 15.4 Å². The summed E-state index contributed by atoms with van der Waals surface area (Å²) < 4.78 is 87.9. The molecule has 192 valence electrons. The Labute approximate surface area is 207 Å². The number of carbonyl (C=O) groups is 1. The van der Waals surface area contributed by atoms with Gasteiger partial charge in [0.05, 0.1) is 22.8 Å². The van der Waals surface area contributed by atoms with Crippen molar-refractivity contribution in [1.82, 2.24) is 14.8 Å². The molecule has 0 aliphatic rings. The largest absolute Gasteiger partial charge is 0.453 e. The zero-order valence-corrected chi connectivity index (χ0v) is 20.1. The molecular formula is C24H18F5N4O3P. The summed E-state index contributed by atoms with van der Waals surface area (Å²) in [5.41, 5.74) is -2.46. The van der Waals surface area contributed by atoms with Crippen LogP contribution in [0.4, 0.5) is 27.6 Å². The van der Waals surface area contributed by atoms with Crippen molar-refractivity contribution in [2.45, 2.75) is 6.18 Å². The Hall–Kier alpha value is -4.05. The van der Waals surface area contributed by atoms with Gasteiger partial charge in [0.1, 0.15) is 18.7 Å². The molecule has 1 amide bonds. The zero-order chi connectivity index (χ0) is 27.0. The smallest absolute Gasteiger partial charge is 0.434 e. The summed E-state index contributed by atoms with van der Waals surface area (Å²) in [6.45, 7) is 3.00. The minimum atomic E-state index is -4.99. The van der Waals surface area contributed by atoms with E-state index in [0.717, 1.165) is 36.4 Å². The molecule has 0 spiro atoms. The van der Waals surface area contributed by atoms with Gasteiger partial charge in [0, 0.05) is 24.1 Å². The molecule has 4 rings (SSSR count). The molecule has 0 saturated carbocycles. The van der Waals surface area contributed by atoms with Crippen LogP contribution in [0.1, 0.15) is 16.1 Å². The van der Waals surface area contributed by atoms with E-state index in [1.54, 1.807) is 0 Å². The number of alkyl halides is 3. The topological polar surface area (TPSA) is 86.1 Å².